The molecule has 1 unspecified atom stereocenters. The molecule has 1 aromatic carbocycles. The fourth-order valence-electron chi connectivity index (χ4n) is 1.47. The van der Waals surface area contributed by atoms with Crippen molar-refractivity contribution in [2.75, 3.05) is 6.54 Å². The van der Waals surface area contributed by atoms with Crippen LogP contribution in [-0.4, -0.2) is 29.6 Å². The van der Waals surface area contributed by atoms with Gasteiger partial charge in [0.05, 0.1) is 0 Å². The van der Waals surface area contributed by atoms with E-state index in [1.165, 1.54) is 0 Å². The van der Waals surface area contributed by atoms with Crippen LogP contribution in [0, 0.1) is 0 Å². The normalized spacial score (nSPS) is 12.8. The SMILES string of the molecule is CC(Oc1cccc(Cl)c1)C(=O)NCCCC(N)=NO. The summed E-state index contributed by atoms with van der Waals surface area (Å²) < 4.78 is 5.47. The van der Waals surface area contributed by atoms with Crippen LogP contribution in [0.15, 0.2) is 29.4 Å². The van der Waals surface area contributed by atoms with Gasteiger partial charge in [0.2, 0.25) is 0 Å². The van der Waals surface area contributed by atoms with Gasteiger partial charge in [-0.15, -0.1) is 0 Å². The summed E-state index contributed by atoms with van der Waals surface area (Å²) >= 11 is 5.83. The van der Waals surface area contributed by atoms with E-state index >= 15 is 0 Å². The largest absolute Gasteiger partial charge is 0.481 e. The van der Waals surface area contributed by atoms with E-state index in [0.29, 0.717) is 30.2 Å². The molecule has 4 N–H and O–H groups in total. The van der Waals surface area contributed by atoms with Crippen LogP contribution in [0.3, 0.4) is 0 Å². The summed E-state index contributed by atoms with van der Waals surface area (Å²) in [6.07, 6.45) is 0.378. The topological polar surface area (TPSA) is 96.9 Å². The number of carbonyl (C=O) groups is 1. The van der Waals surface area contributed by atoms with E-state index in [1.807, 2.05) is 0 Å². The van der Waals surface area contributed by atoms with Crippen molar-refractivity contribution in [3.05, 3.63) is 29.3 Å². The summed E-state index contributed by atoms with van der Waals surface area (Å²) in [5.74, 6) is 0.448. The molecule has 0 aliphatic heterocycles. The van der Waals surface area contributed by atoms with Gasteiger partial charge in [-0.3, -0.25) is 4.79 Å². The lowest BCUT2D eigenvalue weighted by Gasteiger charge is -2.14. The number of benzene rings is 1. The van der Waals surface area contributed by atoms with Gasteiger partial charge < -0.3 is 21.0 Å². The molecule has 1 amide bonds. The van der Waals surface area contributed by atoms with Crippen LogP contribution in [0.4, 0.5) is 0 Å². The predicted octanol–water partition coefficient (Wildman–Crippen LogP) is 1.75. The lowest BCUT2D eigenvalue weighted by atomic mass is 10.3. The zero-order valence-corrected chi connectivity index (χ0v) is 11.9. The van der Waals surface area contributed by atoms with Crippen LogP contribution in [0.5, 0.6) is 5.75 Å². The van der Waals surface area contributed by atoms with Gasteiger partial charge >= 0.3 is 0 Å². The molecule has 0 radical (unpaired) electrons. The second-order valence-corrected chi connectivity index (χ2v) is 4.64. The molecule has 0 fully saturated rings. The number of halogens is 1. The number of carbonyl (C=O) groups excluding carboxylic acids is 1. The van der Waals surface area contributed by atoms with Crippen LogP contribution in [0.25, 0.3) is 0 Å². The Morgan fingerprint density at radius 3 is 3.00 bits per heavy atom. The van der Waals surface area contributed by atoms with Crippen LogP contribution in [0.2, 0.25) is 5.02 Å². The molecule has 0 spiro atoms. The van der Waals surface area contributed by atoms with Crippen LogP contribution >= 0.6 is 11.6 Å². The van der Waals surface area contributed by atoms with Crippen molar-refractivity contribution >= 4 is 23.3 Å². The summed E-state index contributed by atoms with van der Waals surface area (Å²) in [5, 5.41) is 14.5. The number of ether oxygens (including phenoxy) is 1. The van der Waals surface area contributed by atoms with Gasteiger partial charge in [-0.05, 0) is 31.5 Å². The molecule has 0 aliphatic rings. The molecule has 0 heterocycles. The Bertz CT molecular complexity index is 480. The van der Waals surface area contributed by atoms with E-state index in [9.17, 15) is 4.79 Å². The highest BCUT2D eigenvalue weighted by Gasteiger charge is 2.14. The number of amidine groups is 1. The first-order valence-electron chi connectivity index (χ1n) is 6.19. The van der Waals surface area contributed by atoms with Crippen molar-refractivity contribution in [1.29, 1.82) is 0 Å². The molecule has 110 valence electrons. The zero-order chi connectivity index (χ0) is 15.0. The maximum Gasteiger partial charge on any atom is 0.260 e. The zero-order valence-electron chi connectivity index (χ0n) is 11.2. The molecule has 7 heteroatoms. The second-order valence-electron chi connectivity index (χ2n) is 4.20. The van der Waals surface area contributed by atoms with E-state index in [-0.39, 0.29) is 11.7 Å². The highest BCUT2D eigenvalue weighted by Crippen LogP contribution is 2.18. The van der Waals surface area contributed by atoms with Gasteiger partial charge in [-0.1, -0.05) is 22.8 Å². The summed E-state index contributed by atoms with van der Waals surface area (Å²) in [4.78, 5) is 11.8. The molecule has 0 bridgehead atoms. The number of hydrogen-bond acceptors (Lipinski definition) is 4. The van der Waals surface area contributed by atoms with Gasteiger partial charge in [0.25, 0.3) is 5.91 Å². The summed E-state index contributed by atoms with van der Waals surface area (Å²) in [5.41, 5.74) is 5.32. The molecule has 0 aliphatic carbocycles. The third-order valence-corrected chi connectivity index (χ3v) is 2.75. The maximum atomic E-state index is 11.8. The van der Waals surface area contributed by atoms with Gasteiger partial charge in [-0.25, -0.2) is 0 Å². The number of nitrogens with one attached hydrogen (secondary N) is 1. The first kappa shape index (κ1) is 16.1. The number of nitrogens with zero attached hydrogens (tertiary/aromatic N) is 1. The quantitative estimate of drug-likeness (QED) is 0.235. The average molecular weight is 300 g/mol. The van der Waals surface area contributed by atoms with E-state index < -0.39 is 6.10 Å². The minimum atomic E-state index is -0.627. The minimum absolute atomic E-state index is 0.141. The Morgan fingerprint density at radius 2 is 2.35 bits per heavy atom. The molecule has 1 rings (SSSR count). The van der Waals surface area contributed by atoms with Gasteiger partial charge in [0, 0.05) is 18.0 Å². The molecular formula is C13H18ClN3O3. The molecule has 0 aromatic heterocycles. The Labute approximate surface area is 122 Å². The molecule has 0 saturated carbocycles. The first-order valence-corrected chi connectivity index (χ1v) is 6.57. The highest BCUT2D eigenvalue weighted by molar-refractivity contribution is 6.30. The Hall–Kier alpha value is -1.95. The van der Waals surface area contributed by atoms with Crippen molar-refractivity contribution < 1.29 is 14.7 Å². The van der Waals surface area contributed by atoms with Gasteiger partial charge in [0.1, 0.15) is 11.6 Å². The first-order chi connectivity index (χ1) is 9.52. The van der Waals surface area contributed by atoms with E-state index in [2.05, 4.69) is 10.5 Å². The smallest absolute Gasteiger partial charge is 0.260 e. The fourth-order valence-corrected chi connectivity index (χ4v) is 1.65. The monoisotopic (exact) mass is 299 g/mol. The Morgan fingerprint density at radius 1 is 1.60 bits per heavy atom. The summed E-state index contributed by atoms with van der Waals surface area (Å²) in [6.45, 7) is 2.08. The van der Waals surface area contributed by atoms with Crippen molar-refractivity contribution in [2.24, 2.45) is 10.9 Å². The summed E-state index contributed by atoms with van der Waals surface area (Å²) in [7, 11) is 0. The second kappa shape index (κ2) is 8.27. The van der Waals surface area contributed by atoms with Gasteiger partial charge in [-0.2, -0.15) is 0 Å². The number of nitrogens with two attached hydrogens (primary N) is 1. The molecular weight excluding hydrogens is 282 g/mol. The van der Waals surface area contributed by atoms with Crippen molar-refractivity contribution in [1.82, 2.24) is 5.32 Å². The Balaban J connectivity index is 2.32. The van der Waals surface area contributed by atoms with E-state index in [1.54, 1.807) is 31.2 Å². The average Bonchev–Trinajstić information content (AvgIpc) is 2.42. The van der Waals surface area contributed by atoms with Crippen molar-refractivity contribution in [2.45, 2.75) is 25.9 Å². The minimum Gasteiger partial charge on any atom is -0.481 e. The Kier molecular flexibility index (Phi) is 6.66. The van der Waals surface area contributed by atoms with Crippen molar-refractivity contribution in [3.63, 3.8) is 0 Å². The predicted molar refractivity (Wildman–Crippen MR) is 77.2 cm³/mol. The lowest BCUT2D eigenvalue weighted by Crippen LogP contribution is -2.37. The number of rotatable bonds is 7. The maximum absolute atomic E-state index is 11.8. The molecule has 0 saturated heterocycles. The molecule has 1 aromatic rings. The molecule has 6 nitrogen and oxygen atoms in total. The third kappa shape index (κ3) is 5.79. The fraction of sp³-hybridized carbons (Fsp3) is 0.385. The number of amides is 1. The van der Waals surface area contributed by atoms with E-state index in [4.69, 9.17) is 27.3 Å². The standard InChI is InChI=1S/C13H18ClN3O3/c1-9(20-11-5-2-4-10(14)8-11)13(18)16-7-3-6-12(15)17-19/h2,4-5,8-9,19H,3,6-7H2,1H3,(H2,15,17)(H,16,18). The highest BCUT2D eigenvalue weighted by atomic mass is 35.5. The van der Waals surface area contributed by atoms with Crippen LogP contribution in [0.1, 0.15) is 19.8 Å². The summed E-state index contributed by atoms with van der Waals surface area (Å²) in [6, 6.07) is 6.85. The van der Waals surface area contributed by atoms with Crippen LogP contribution < -0.4 is 15.8 Å². The lowest BCUT2D eigenvalue weighted by molar-refractivity contribution is -0.127. The van der Waals surface area contributed by atoms with Crippen molar-refractivity contribution in [3.8, 4) is 5.75 Å². The number of hydrogen-bond donors (Lipinski definition) is 3. The van der Waals surface area contributed by atoms with Crippen LogP contribution in [-0.2, 0) is 4.79 Å². The number of oxime groups is 1. The third-order valence-electron chi connectivity index (χ3n) is 2.52. The van der Waals surface area contributed by atoms with Gasteiger partial charge in [0.15, 0.2) is 6.10 Å². The molecule has 1 atom stereocenters. The molecule has 20 heavy (non-hydrogen) atoms. The van der Waals surface area contributed by atoms with E-state index in [0.717, 1.165) is 0 Å².